The Morgan fingerprint density at radius 1 is 0.967 bits per heavy atom. The van der Waals surface area contributed by atoms with Gasteiger partial charge in [0, 0.05) is 17.5 Å². The van der Waals surface area contributed by atoms with Crippen LogP contribution < -0.4 is 10.5 Å². The molecule has 2 aromatic rings. The van der Waals surface area contributed by atoms with Crippen LogP contribution in [0.5, 0.6) is 5.75 Å². The highest BCUT2D eigenvalue weighted by Gasteiger charge is 2.23. The predicted octanol–water partition coefficient (Wildman–Crippen LogP) is 4.13. The zero-order valence-corrected chi connectivity index (χ0v) is 16.9. The number of amides is 1. The molecule has 7 heteroatoms. The maximum atomic E-state index is 13.0. The lowest BCUT2D eigenvalue weighted by Gasteiger charge is -2.15. The van der Waals surface area contributed by atoms with Crippen LogP contribution in [0.2, 0.25) is 0 Å². The Bertz CT molecular complexity index is 849. The van der Waals surface area contributed by atoms with Gasteiger partial charge in [0.25, 0.3) is 5.91 Å². The van der Waals surface area contributed by atoms with Gasteiger partial charge < -0.3 is 15.2 Å². The van der Waals surface area contributed by atoms with Crippen LogP contribution in [0.4, 0.5) is 4.39 Å². The van der Waals surface area contributed by atoms with E-state index in [9.17, 15) is 18.8 Å². The minimum atomic E-state index is -1.34. The van der Waals surface area contributed by atoms with Gasteiger partial charge >= 0.3 is 5.97 Å². The summed E-state index contributed by atoms with van der Waals surface area (Å²) in [5, 5.41) is 0. The zero-order valence-electron chi connectivity index (χ0n) is 16.9. The summed E-state index contributed by atoms with van der Waals surface area (Å²) in [4.78, 5) is 36.0. The number of hydrogen-bond donors (Lipinski definition) is 1. The molecule has 0 saturated carbocycles. The number of ether oxygens (including phenoxy) is 2. The molecule has 1 amide bonds. The molecule has 0 unspecified atom stereocenters. The average Bonchev–Trinajstić information content (AvgIpc) is 2.74. The van der Waals surface area contributed by atoms with Gasteiger partial charge in [-0.15, -0.1) is 0 Å². The molecule has 0 aliphatic heterocycles. The lowest BCUT2D eigenvalue weighted by Crippen LogP contribution is -2.26. The molecule has 0 aliphatic carbocycles. The summed E-state index contributed by atoms with van der Waals surface area (Å²) in [6, 6.07) is 11.6. The highest BCUT2D eigenvalue weighted by molar-refractivity contribution is 5.97. The molecule has 160 valence electrons. The molecule has 2 rings (SSSR count). The van der Waals surface area contributed by atoms with Crippen molar-refractivity contribution in [3.63, 3.8) is 0 Å². The van der Waals surface area contributed by atoms with Crippen molar-refractivity contribution < 1.29 is 28.2 Å². The molecule has 0 heterocycles. The van der Waals surface area contributed by atoms with E-state index in [1.54, 1.807) is 24.3 Å². The first-order valence-electron chi connectivity index (χ1n) is 9.91. The van der Waals surface area contributed by atoms with Gasteiger partial charge in [0.2, 0.25) is 6.10 Å². The van der Waals surface area contributed by atoms with E-state index in [4.69, 9.17) is 15.2 Å². The van der Waals surface area contributed by atoms with E-state index in [0.717, 1.165) is 31.4 Å². The summed E-state index contributed by atoms with van der Waals surface area (Å²) < 4.78 is 23.7. The number of benzene rings is 2. The van der Waals surface area contributed by atoms with Crippen molar-refractivity contribution in [1.82, 2.24) is 0 Å². The fourth-order valence-corrected chi connectivity index (χ4v) is 2.76. The molecule has 0 spiro atoms. The third-order valence-electron chi connectivity index (χ3n) is 4.43. The Hall–Kier alpha value is -3.22. The predicted molar refractivity (Wildman–Crippen MR) is 109 cm³/mol. The molecule has 0 aromatic heterocycles. The highest BCUT2D eigenvalue weighted by atomic mass is 19.1. The quantitative estimate of drug-likeness (QED) is 0.319. The highest BCUT2D eigenvalue weighted by Crippen LogP contribution is 2.19. The van der Waals surface area contributed by atoms with Gasteiger partial charge in [0.05, 0.1) is 13.0 Å². The SMILES string of the molecule is CCCCCOc1ccc(C(=O)CCC(=O)O[C@H](C(N)=O)c2ccc(F)cc2)cc1. The second kappa shape index (κ2) is 11.7. The Labute approximate surface area is 175 Å². The van der Waals surface area contributed by atoms with Gasteiger partial charge in [-0.3, -0.25) is 14.4 Å². The molecule has 2 aromatic carbocycles. The van der Waals surface area contributed by atoms with Gasteiger partial charge in [-0.25, -0.2) is 4.39 Å². The zero-order chi connectivity index (χ0) is 21.9. The van der Waals surface area contributed by atoms with Crippen LogP contribution in [0, 0.1) is 5.82 Å². The van der Waals surface area contributed by atoms with Gasteiger partial charge in [0.1, 0.15) is 11.6 Å². The smallest absolute Gasteiger partial charge is 0.307 e. The van der Waals surface area contributed by atoms with Crippen LogP contribution in [-0.4, -0.2) is 24.3 Å². The lowest BCUT2D eigenvalue weighted by molar-refractivity contribution is -0.155. The Morgan fingerprint density at radius 2 is 1.63 bits per heavy atom. The number of esters is 1. The number of unbranched alkanes of at least 4 members (excludes halogenated alkanes) is 2. The summed E-state index contributed by atoms with van der Waals surface area (Å²) in [5.41, 5.74) is 5.99. The van der Waals surface area contributed by atoms with E-state index < -0.39 is 23.8 Å². The van der Waals surface area contributed by atoms with Crippen molar-refractivity contribution in [3.8, 4) is 5.75 Å². The summed E-state index contributed by atoms with van der Waals surface area (Å²) in [5.74, 6) is -1.66. The fraction of sp³-hybridized carbons (Fsp3) is 0.348. The molecule has 30 heavy (non-hydrogen) atoms. The van der Waals surface area contributed by atoms with Crippen LogP contribution in [-0.2, 0) is 14.3 Å². The number of carbonyl (C=O) groups excluding carboxylic acids is 3. The topological polar surface area (TPSA) is 95.7 Å². The van der Waals surface area contributed by atoms with Crippen molar-refractivity contribution >= 4 is 17.7 Å². The number of hydrogen-bond acceptors (Lipinski definition) is 5. The van der Waals surface area contributed by atoms with Gasteiger partial charge in [0.15, 0.2) is 5.78 Å². The molecular weight excluding hydrogens is 389 g/mol. The Balaban J connectivity index is 1.85. The van der Waals surface area contributed by atoms with E-state index in [1.165, 1.54) is 12.1 Å². The molecule has 0 bridgehead atoms. The Kier molecular flexibility index (Phi) is 9.00. The van der Waals surface area contributed by atoms with Crippen molar-refractivity contribution in [2.75, 3.05) is 6.61 Å². The number of halogens is 1. The number of carbonyl (C=O) groups is 3. The summed E-state index contributed by atoms with van der Waals surface area (Å²) >= 11 is 0. The van der Waals surface area contributed by atoms with Gasteiger partial charge in [-0.05, 0) is 42.8 Å². The first-order valence-corrected chi connectivity index (χ1v) is 9.91. The molecular formula is C23H26FNO5. The van der Waals surface area contributed by atoms with Crippen molar-refractivity contribution in [3.05, 3.63) is 65.5 Å². The lowest BCUT2D eigenvalue weighted by atomic mass is 10.1. The molecule has 0 fully saturated rings. The van der Waals surface area contributed by atoms with E-state index >= 15 is 0 Å². The van der Waals surface area contributed by atoms with E-state index in [-0.39, 0.29) is 24.2 Å². The monoisotopic (exact) mass is 415 g/mol. The second-order valence-electron chi connectivity index (χ2n) is 6.83. The number of primary amides is 1. The first-order chi connectivity index (χ1) is 14.4. The van der Waals surface area contributed by atoms with Crippen LogP contribution in [0.25, 0.3) is 0 Å². The minimum absolute atomic E-state index is 0.0789. The van der Waals surface area contributed by atoms with Crippen LogP contribution in [0.1, 0.15) is 61.1 Å². The molecule has 6 nitrogen and oxygen atoms in total. The van der Waals surface area contributed by atoms with Crippen LogP contribution >= 0.6 is 0 Å². The second-order valence-corrected chi connectivity index (χ2v) is 6.83. The number of rotatable bonds is 12. The van der Waals surface area contributed by atoms with Gasteiger partial charge in [-0.2, -0.15) is 0 Å². The molecule has 2 N–H and O–H groups in total. The largest absolute Gasteiger partial charge is 0.494 e. The maximum Gasteiger partial charge on any atom is 0.307 e. The average molecular weight is 415 g/mol. The van der Waals surface area contributed by atoms with Crippen molar-refractivity contribution in [2.24, 2.45) is 5.73 Å². The van der Waals surface area contributed by atoms with E-state index in [2.05, 4.69) is 6.92 Å². The summed E-state index contributed by atoms with van der Waals surface area (Å²) in [6.45, 7) is 2.75. The fourth-order valence-electron chi connectivity index (χ4n) is 2.76. The van der Waals surface area contributed by atoms with Gasteiger partial charge in [-0.1, -0.05) is 31.9 Å². The summed E-state index contributed by atoms with van der Waals surface area (Å²) in [6.07, 6.45) is 1.57. The maximum absolute atomic E-state index is 13.0. The first kappa shape index (κ1) is 23.1. The molecule has 0 aliphatic rings. The Morgan fingerprint density at radius 3 is 2.23 bits per heavy atom. The minimum Gasteiger partial charge on any atom is -0.494 e. The van der Waals surface area contributed by atoms with Crippen molar-refractivity contribution in [2.45, 2.75) is 45.1 Å². The van der Waals surface area contributed by atoms with Crippen LogP contribution in [0.3, 0.4) is 0 Å². The normalized spacial score (nSPS) is 11.5. The number of Topliss-reactive ketones (excluding diaryl/α,β-unsaturated/α-hetero) is 1. The van der Waals surface area contributed by atoms with Crippen LogP contribution in [0.15, 0.2) is 48.5 Å². The third-order valence-corrected chi connectivity index (χ3v) is 4.43. The molecule has 1 atom stereocenters. The van der Waals surface area contributed by atoms with Crippen molar-refractivity contribution in [1.29, 1.82) is 0 Å². The third kappa shape index (κ3) is 7.31. The standard InChI is InChI=1S/C23H26FNO5/c1-2-3-4-15-29-19-11-7-16(8-12-19)20(26)13-14-21(27)30-22(23(25)28)17-5-9-18(24)10-6-17/h5-12,22H,2-4,13-15H2,1H3,(H2,25,28)/t22-/m0/s1. The van der Waals surface area contributed by atoms with E-state index in [0.29, 0.717) is 17.9 Å². The number of ketones is 1. The molecule has 0 radical (unpaired) electrons. The van der Waals surface area contributed by atoms with E-state index in [1.807, 2.05) is 0 Å². The number of nitrogens with two attached hydrogens (primary N) is 1. The molecule has 0 saturated heterocycles. The summed E-state index contributed by atoms with van der Waals surface area (Å²) in [7, 11) is 0.